The van der Waals surface area contributed by atoms with E-state index in [4.69, 9.17) is 5.11 Å². The molecule has 0 saturated carbocycles. The summed E-state index contributed by atoms with van der Waals surface area (Å²) in [6.45, 7) is 3.76. The number of aromatic carboxylic acids is 3. The van der Waals surface area contributed by atoms with Gasteiger partial charge in [-0.3, -0.25) is 20.2 Å². The molecule has 0 aromatic heterocycles. The molecule has 0 atom stereocenters. The van der Waals surface area contributed by atoms with E-state index in [2.05, 4.69) is 93.0 Å². The normalized spacial score (nSPS) is 10.2. The fraction of sp³-hybridized carbons (Fsp3) is 0.0488. The lowest BCUT2D eigenvalue weighted by Crippen LogP contribution is -2.04. The second-order valence-electron chi connectivity index (χ2n) is 12.5. The standard InChI is InChI=1S/C14H11BrFNO2.C14H11IN2O4.C13H8BrIN2O4/c1-8-6-9(15)2-5-12(8)17-13-7-10(16)3-4-11(13)14(18)19;1-8-6-9(15)2-5-12(8)16-13-7-10(17(20)21)3-4-11(13)14(18)19;14-10-5-7(15)1-3-12(10)16-11-4-2-8(17(20)21)6-9(11)13(18)19/h2-7,17H,1H3,(H,18,19);2-7,16H,1H3,(H,18,19);1-6,16H,(H,18,19). The van der Waals surface area contributed by atoms with Gasteiger partial charge >= 0.3 is 17.9 Å². The van der Waals surface area contributed by atoms with E-state index in [0.717, 1.165) is 45.0 Å². The summed E-state index contributed by atoms with van der Waals surface area (Å²) < 4.78 is 17.0. The summed E-state index contributed by atoms with van der Waals surface area (Å²) in [6, 6.07) is 27.5. The zero-order valence-corrected chi connectivity index (χ0v) is 38.9. The molecule has 6 rings (SSSR count). The number of nitro benzene ring substituents is 2. The summed E-state index contributed by atoms with van der Waals surface area (Å²) in [4.78, 5) is 53.9. The van der Waals surface area contributed by atoms with E-state index >= 15 is 0 Å². The van der Waals surface area contributed by atoms with Crippen molar-refractivity contribution in [1.29, 1.82) is 0 Å². The van der Waals surface area contributed by atoms with Crippen LogP contribution >= 0.6 is 77.0 Å². The highest BCUT2D eigenvalue weighted by molar-refractivity contribution is 14.1. The van der Waals surface area contributed by atoms with Gasteiger partial charge in [0.05, 0.1) is 49.3 Å². The van der Waals surface area contributed by atoms with Crippen molar-refractivity contribution < 1.29 is 43.9 Å². The van der Waals surface area contributed by atoms with Crippen molar-refractivity contribution in [2.24, 2.45) is 0 Å². The molecule has 20 heteroatoms. The summed E-state index contributed by atoms with van der Waals surface area (Å²) in [5.41, 5.74) is 4.11. The van der Waals surface area contributed by atoms with Crippen LogP contribution in [0.4, 0.5) is 49.9 Å². The average molecular weight is 1190 g/mol. The third kappa shape index (κ3) is 13.6. The van der Waals surface area contributed by atoms with Gasteiger partial charge in [-0.15, -0.1) is 0 Å². The second-order valence-corrected chi connectivity index (χ2v) is 16.8. The molecular weight excluding hydrogens is 1160 g/mol. The molecule has 0 fully saturated rings. The first-order chi connectivity index (χ1) is 28.7. The van der Waals surface area contributed by atoms with E-state index in [1.165, 1.54) is 42.5 Å². The van der Waals surface area contributed by atoms with Crippen molar-refractivity contribution in [1.82, 2.24) is 0 Å². The van der Waals surface area contributed by atoms with Crippen LogP contribution in [0.1, 0.15) is 42.2 Å². The van der Waals surface area contributed by atoms with Gasteiger partial charge in [0.15, 0.2) is 0 Å². The first-order valence-electron chi connectivity index (χ1n) is 17.1. The fourth-order valence-corrected chi connectivity index (χ4v) is 7.75. The van der Waals surface area contributed by atoms with Crippen LogP contribution in [-0.4, -0.2) is 43.1 Å². The largest absolute Gasteiger partial charge is 0.478 e. The van der Waals surface area contributed by atoms with Crippen LogP contribution in [0, 0.1) is 47.0 Å². The van der Waals surface area contributed by atoms with Crippen molar-refractivity contribution in [3.63, 3.8) is 0 Å². The quantitative estimate of drug-likeness (QED) is 0.0403. The Morgan fingerprint density at radius 1 is 0.541 bits per heavy atom. The first kappa shape index (κ1) is 48.0. The maximum Gasteiger partial charge on any atom is 0.338 e. The summed E-state index contributed by atoms with van der Waals surface area (Å²) in [5, 5.41) is 57.9. The van der Waals surface area contributed by atoms with Gasteiger partial charge in [0, 0.05) is 51.7 Å². The molecule has 15 nitrogen and oxygen atoms in total. The lowest BCUT2D eigenvalue weighted by molar-refractivity contribution is -0.385. The molecule has 0 heterocycles. The van der Waals surface area contributed by atoms with E-state index in [-0.39, 0.29) is 45.1 Å². The van der Waals surface area contributed by atoms with E-state index in [0.29, 0.717) is 11.4 Å². The predicted molar refractivity (Wildman–Crippen MR) is 253 cm³/mol. The zero-order chi connectivity index (χ0) is 45.1. The van der Waals surface area contributed by atoms with Crippen molar-refractivity contribution in [3.8, 4) is 0 Å². The lowest BCUT2D eigenvalue weighted by Gasteiger charge is -2.12. The maximum atomic E-state index is 13.2. The van der Waals surface area contributed by atoms with Crippen LogP contribution in [-0.2, 0) is 0 Å². The number of benzene rings is 6. The van der Waals surface area contributed by atoms with Gasteiger partial charge in [-0.2, -0.15) is 0 Å². The van der Waals surface area contributed by atoms with E-state index < -0.39 is 33.6 Å². The Morgan fingerprint density at radius 3 is 1.51 bits per heavy atom. The molecule has 6 aromatic carbocycles. The molecule has 6 aromatic rings. The van der Waals surface area contributed by atoms with E-state index in [9.17, 15) is 49.2 Å². The summed E-state index contributed by atoms with van der Waals surface area (Å²) in [7, 11) is 0. The topological polar surface area (TPSA) is 234 Å². The number of carboxylic acids is 3. The van der Waals surface area contributed by atoms with E-state index in [1.807, 2.05) is 56.3 Å². The smallest absolute Gasteiger partial charge is 0.338 e. The molecule has 0 aliphatic carbocycles. The minimum atomic E-state index is -1.23. The number of rotatable bonds is 11. The van der Waals surface area contributed by atoms with Crippen molar-refractivity contribution in [2.75, 3.05) is 16.0 Å². The summed E-state index contributed by atoms with van der Waals surface area (Å²) in [6.07, 6.45) is 0. The molecule has 0 bridgehead atoms. The molecule has 61 heavy (non-hydrogen) atoms. The van der Waals surface area contributed by atoms with Crippen LogP contribution in [0.3, 0.4) is 0 Å². The van der Waals surface area contributed by atoms with Gasteiger partial charge in [0.2, 0.25) is 0 Å². The van der Waals surface area contributed by atoms with Gasteiger partial charge in [-0.05, 0) is 171 Å². The molecule has 314 valence electrons. The maximum absolute atomic E-state index is 13.2. The average Bonchev–Trinajstić information content (AvgIpc) is 3.18. The highest BCUT2D eigenvalue weighted by Gasteiger charge is 2.18. The van der Waals surface area contributed by atoms with Gasteiger partial charge in [0.25, 0.3) is 11.4 Å². The number of nitrogens with one attached hydrogen (secondary N) is 3. The monoisotopic (exact) mass is 1180 g/mol. The number of nitro groups is 2. The Morgan fingerprint density at radius 2 is 0.984 bits per heavy atom. The summed E-state index contributed by atoms with van der Waals surface area (Å²) in [5.74, 6) is -3.96. The molecule has 6 N–H and O–H groups in total. The zero-order valence-electron chi connectivity index (χ0n) is 31.4. The molecule has 0 spiro atoms. The lowest BCUT2D eigenvalue weighted by atomic mass is 10.1. The number of halogens is 5. The Labute approximate surface area is 390 Å². The highest BCUT2D eigenvalue weighted by atomic mass is 127. The molecule has 0 aliphatic rings. The third-order valence-corrected chi connectivity index (χ3v) is 10.7. The van der Waals surface area contributed by atoms with Gasteiger partial charge in [-0.1, -0.05) is 15.9 Å². The predicted octanol–water partition coefficient (Wildman–Crippen LogP) is 12.7. The van der Waals surface area contributed by atoms with Crippen molar-refractivity contribution >= 4 is 140 Å². The molecule has 0 amide bonds. The second kappa shape index (κ2) is 21.7. The van der Waals surface area contributed by atoms with Crippen LogP contribution in [0.5, 0.6) is 0 Å². The molecule has 0 saturated heterocycles. The number of hydrogen-bond acceptors (Lipinski definition) is 10. The number of nitrogens with zero attached hydrogens (tertiary/aromatic N) is 2. The number of aryl methyl sites for hydroxylation is 2. The minimum Gasteiger partial charge on any atom is -0.478 e. The van der Waals surface area contributed by atoms with Crippen molar-refractivity contribution in [2.45, 2.75) is 13.8 Å². The molecular formula is C41H30Br2FI2N5O10. The molecule has 0 radical (unpaired) electrons. The van der Waals surface area contributed by atoms with Gasteiger partial charge in [-0.25, -0.2) is 18.8 Å². The number of carbonyl (C=O) groups is 3. The van der Waals surface area contributed by atoms with Gasteiger partial charge in [0.1, 0.15) is 5.82 Å². The highest BCUT2D eigenvalue weighted by Crippen LogP contribution is 2.32. The van der Waals surface area contributed by atoms with Crippen LogP contribution < -0.4 is 16.0 Å². The first-order valence-corrected chi connectivity index (χ1v) is 20.8. The van der Waals surface area contributed by atoms with Gasteiger partial charge < -0.3 is 31.3 Å². The van der Waals surface area contributed by atoms with Crippen LogP contribution in [0.15, 0.2) is 118 Å². The Bertz CT molecular complexity index is 2690. The third-order valence-electron chi connectivity index (χ3n) is 8.22. The number of hydrogen-bond donors (Lipinski definition) is 6. The van der Waals surface area contributed by atoms with Crippen molar-refractivity contribution in [3.05, 3.63) is 179 Å². The fourth-order valence-electron chi connectivity index (χ4n) is 5.23. The SMILES string of the molecule is Cc1cc(Br)ccc1Nc1cc(F)ccc1C(=O)O.Cc1cc(I)ccc1Nc1cc([N+](=O)[O-])ccc1C(=O)O.O=C(O)c1cc([N+](=O)[O-])ccc1Nc1ccc(I)cc1Br. The van der Waals surface area contributed by atoms with E-state index in [1.54, 1.807) is 12.1 Å². The number of anilines is 6. The molecule has 0 unspecified atom stereocenters. The molecule has 0 aliphatic heterocycles. The van der Waals surface area contributed by atoms with Crippen LogP contribution in [0.2, 0.25) is 0 Å². The van der Waals surface area contributed by atoms with Crippen LogP contribution in [0.25, 0.3) is 0 Å². The Balaban J connectivity index is 0.000000202. The number of carboxylic acid groups (broad SMARTS) is 3. The minimum absolute atomic E-state index is 0.0152. The number of non-ortho nitro benzene ring substituents is 2. The summed E-state index contributed by atoms with van der Waals surface area (Å²) >= 11 is 11.1. The Kier molecular flexibility index (Phi) is 17.1. The Hall–Kier alpha value is -5.72.